The third-order valence-electron chi connectivity index (χ3n) is 2.50. The molecule has 0 fully saturated rings. The van der Waals surface area contributed by atoms with E-state index in [1.165, 1.54) is 18.4 Å². The van der Waals surface area contributed by atoms with Gasteiger partial charge in [0, 0.05) is 18.5 Å². The number of methoxy groups -OCH3 is 1. The van der Waals surface area contributed by atoms with Gasteiger partial charge in [0.25, 0.3) is 5.91 Å². The maximum Gasteiger partial charge on any atom is 0.307 e. The van der Waals surface area contributed by atoms with Crippen LogP contribution >= 0.6 is 27.3 Å². The molecule has 19 heavy (non-hydrogen) atoms. The third kappa shape index (κ3) is 5.32. The quantitative estimate of drug-likeness (QED) is 0.742. The fraction of sp³-hybridized carbons (Fsp3) is 0.538. The molecule has 0 aliphatic rings. The topological polar surface area (TPSA) is 46.6 Å². The largest absolute Gasteiger partial charge is 0.469 e. The van der Waals surface area contributed by atoms with Crippen LogP contribution in [-0.2, 0) is 9.53 Å². The highest BCUT2D eigenvalue weighted by atomic mass is 79.9. The molecule has 0 radical (unpaired) electrons. The van der Waals surface area contributed by atoms with Crippen LogP contribution < -0.4 is 0 Å². The Morgan fingerprint density at radius 1 is 1.47 bits per heavy atom. The van der Waals surface area contributed by atoms with E-state index in [0.717, 1.165) is 3.79 Å². The number of hydrogen-bond acceptors (Lipinski definition) is 4. The molecule has 0 aromatic carbocycles. The fourth-order valence-corrected chi connectivity index (χ4v) is 2.78. The Labute approximate surface area is 125 Å². The van der Waals surface area contributed by atoms with Crippen molar-refractivity contribution in [1.29, 1.82) is 0 Å². The molecule has 0 atom stereocenters. The van der Waals surface area contributed by atoms with Crippen LogP contribution in [0.1, 0.15) is 30.6 Å². The number of esters is 1. The van der Waals surface area contributed by atoms with Gasteiger partial charge in [-0.3, -0.25) is 9.59 Å². The molecule has 1 aromatic heterocycles. The molecule has 0 spiro atoms. The first kappa shape index (κ1) is 16.2. The maximum atomic E-state index is 12.4. The second kappa shape index (κ2) is 7.65. The highest BCUT2D eigenvalue weighted by Crippen LogP contribution is 2.22. The minimum atomic E-state index is -0.298. The molecule has 6 heteroatoms. The summed E-state index contributed by atoms with van der Waals surface area (Å²) in [4.78, 5) is 25.3. The first-order valence-electron chi connectivity index (χ1n) is 6.04. The molecule has 1 aromatic rings. The molecule has 1 rings (SSSR count). The molecule has 0 bridgehead atoms. The van der Waals surface area contributed by atoms with Gasteiger partial charge in [-0.1, -0.05) is 13.8 Å². The molecule has 106 valence electrons. The zero-order valence-electron chi connectivity index (χ0n) is 11.3. The molecule has 1 heterocycles. The highest BCUT2D eigenvalue weighted by Gasteiger charge is 2.19. The predicted molar refractivity (Wildman–Crippen MR) is 79.4 cm³/mol. The van der Waals surface area contributed by atoms with Crippen molar-refractivity contribution in [3.63, 3.8) is 0 Å². The SMILES string of the molecule is COC(=O)CCN(CC(C)C)C(=O)c1csc(Br)c1. The second-order valence-corrected chi connectivity index (χ2v) is 6.90. The summed E-state index contributed by atoms with van der Waals surface area (Å²) in [6, 6.07) is 1.80. The first-order valence-corrected chi connectivity index (χ1v) is 7.71. The van der Waals surface area contributed by atoms with E-state index in [2.05, 4.69) is 20.7 Å². The van der Waals surface area contributed by atoms with Crippen molar-refractivity contribution in [2.45, 2.75) is 20.3 Å². The average Bonchev–Trinajstić information content (AvgIpc) is 2.79. The Balaban J connectivity index is 2.72. The number of amides is 1. The molecule has 0 aliphatic heterocycles. The van der Waals surface area contributed by atoms with Crippen LogP contribution in [0.5, 0.6) is 0 Å². The Hall–Kier alpha value is -0.880. The van der Waals surface area contributed by atoms with Crippen molar-refractivity contribution in [2.75, 3.05) is 20.2 Å². The lowest BCUT2D eigenvalue weighted by molar-refractivity contribution is -0.140. The van der Waals surface area contributed by atoms with Crippen LogP contribution in [-0.4, -0.2) is 37.0 Å². The van der Waals surface area contributed by atoms with Crippen LogP contribution in [0.2, 0.25) is 0 Å². The summed E-state index contributed by atoms with van der Waals surface area (Å²) in [5, 5.41) is 1.82. The summed E-state index contributed by atoms with van der Waals surface area (Å²) in [5.74, 6) is 0.0104. The molecule has 0 N–H and O–H groups in total. The Bertz CT molecular complexity index is 445. The number of hydrogen-bond donors (Lipinski definition) is 0. The number of ether oxygens (including phenoxy) is 1. The summed E-state index contributed by atoms with van der Waals surface area (Å²) in [6.07, 6.45) is 0.222. The number of thiophene rings is 1. The fourth-order valence-electron chi connectivity index (χ4n) is 1.65. The smallest absolute Gasteiger partial charge is 0.307 e. The summed E-state index contributed by atoms with van der Waals surface area (Å²) in [7, 11) is 1.35. The van der Waals surface area contributed by atoms with E-state index in [1.807, 2.05) is 19.2 Å². The van der Waals surface area contributed by atoms with Gasteiger partial charge in [-0.2, -0.15) is 0 Å². The van der Waals surface area contributed by atoms with E-state index in [9.17, 15) is 9.59 Å². The lowest BCUT2D eigenvalue weighted by Crippen LogP contribution is -2.35. The maximum absolute atomic E-state index is 12.4. The van der Waals surface area contributed by atoms with Crippen molar-refractivity contribution in [2.24, 2.45) is 5.92 Å². The average molecular weight is 348 g/mol. The molecule has 0 aliphatic carbocycles. The summed E-state index contributed by atoms with van der Waals surface area (Å²) in [6.45, 7) is 5.10. The summed E-state index contributed by atoms with van der Waals surface area (Å²) in [5.41, 5.74) is 0.655. The Kier molecular flexibility index (Phi) is 6.51. The predicted octanol–water partition coefficient (Wildman–Crippen LogP) is 3.17. The van der Waals surface area contributed by atoms with Crippen LogP contribution in [0.15, 0.2) is 15.2 Å². The van der Waals surface area contributed by atoms with E-state index in [4.69, 9.17) is 0 Å². The van der Waals surface area contributed by atoms with Crippen molar-refractivity contribution in [3.8, 4) is 0 Å². The van der Waals surface area contributed by atoms with Gasteiger partial charge < -0.3 is 9.64 Å². The van der Waals surface area contributed by atoms with Gasteiger partial charge in [0.05, 0.1) is 22.9 Å². The van der Waals surface area contributed by atoms with Crippen LogP contribution in [0, 0.1) is 5.92 Å². The third-order valence-corrected chi connectivity index (χ3v) is 4.01. The van der Waals surface area contributed by atoms with Gasteiger partial charge in [0.15, 0.2) is 0 Å². The minimum absolute atomic E-state index is 0.0421. The van der Waals surface area contributed by atoms with Gasteiger partial charge >= 0.3 is 5.97 Å². The summed E-state index contributed by atoms with van der Waals surface area (Å²) < 4.78 is 5.54. The standard InChI is InChI=1S/C13H18BrNO3S/c1-9(2)7-15(5-4-12(16)18-3)13(17)10-6-11(14)19-8-10/h6,8-9H,4-5,7H2,1-3H3. The molecule has 1 amide bonds. The number of carbonyl (C=O) groups is 2. The van der Waals surface area contributed by atoms with E-state index >= 15 is 0 Å². The minimum Gasteiger partial charge on any atom is -0.469 e. The van der Waals surface area contributed by atoms with E-state index < -0.39 is 0 Å². The van der Waals surface area contributed by atoms with E-state index in [-0.39, 0.29) is 18.3 Å². The number of halogens is 1. The van der Waals surface area contributed by atoms with Gasteiger partial charge in [-0.15, -0.1) is 11.3 Å². The zero-order valence-corrected chi connectivity index (χ0v) is 13.7. The highest BCUT2D eigenvalue weighted by molar-refractivity contribution is 9.11. The molecular weight excluding hydrogens is 330 g/mol. The van der Waals surface area contributed by atoms with Crippen molar-refractivity contribution in [1.82, 2.24) is 4.90 Å². The lowest BCUT2D eigenvalue weighted by Gasteiger charge is -2.23. The Morgan fingerprint density at radius 2 is 2.16 bits per heavy atom. The molecule has 0 unspecified atom stereocenters. The number of rotatable bonds is 6. The monoisotopic (exact) mass is 347 g/mol. The lowest BCUT2D eigenvalue weighted by atomic mass is 10.2. The van der Waals surface area contributed by atoms with E-state index in [0.29, 0.717) is 24.6 Å². The number of nitrogens with zero attached hydrogens (tertiary/aromatic N) is 1. The second-order valence-electron chi connectivity index (χ2n) is 4.61. The van der Waals surface area contributed by atoms with Crippen molar-refractivity contribution < 1.29 is 14.3 Å². The van der Waals surface area contributed by atoms with Crippen LogP contribution in [0.25, 0.3) is 0 Å². The van der Waals surface area contributed by atoms with Crippen molar-refractivity contribution in [3.05, 3.63) is 20.8 Å². The van der Waals surface area contributed by atoms with Crippen LogP contribution in [0.4, 0.5) is 0 Å². The Morgan fingerprint density at radius 3 is 2.63 bits per heavy atom. The van der Waals surface area contributed by atoms with Gasteiger partial charge in [0.1, 0.15) is 0 Å². The molecule has 4 nitrogen and oxygen atoms in total. The molecule has 0 saturated carbocycles. The first-order chi connectivity index (χ1) is 8.93. The van der Waals surface area contributed by atoms with Crippen LogP contribution in [0.3, 0.4) is 0 Å². The zero-order chi connectivity index (χ0) is 14.4. The molecular formula is C13H18BrNO3S. The van der Waals surface area contributed by atoms with Crippen molar-refractivity contribution >= 4 is 39.1 Å². The molecule has 0 saturated heterocycles. The van der Waals surface area contributed by atoms with Gasteiger partial charge in [0.2, 0.25) is 0 Å². The van der Waals surface area contributed by atoms with E-state index in [1.54, 1.807) is 11.0 Å². The number of carbonyl (C=O) groups excluding carboxylic acids is 2. The normalized spacial score (nSPS) is 10.6. The summed E-state index contributed by atoms with van der Waals surface area (Å²) >= 11 is 4.82. The van der Waals surface area contributed by atoms with Gasteiger partial charge in [-0.05, 0) is 27.9 Å². The van der Waals surface area contributed by atoms with Gasteiger partial charge in [-0.25, -0.2) is 0 Å².